The summed E-state index contributed by atoms with van der Waals surface area (Å²) >= 11 is 0. The summed E-state index contributed by atoms with van der Waals surface area (Å²) in [7, 11) is 0. The van der Waals surface area contributed by atoms with Crippen LogP contribution in [0.3, 0.4) is 0 Å². The van der Waals surface area contributed by atoms with E-state index in [0.717, 1.165) is 5.57 Å². The van der Waals surface area contributed by atoms with Crippen LogP contribution in [0.5, 0.6) is 0 Å². The number of hydrogen-bond acceptors (Lipinski definition) is 1. The third-order valence-electron chi connectivity index (χ3n) is 1.47. The maximum atomic E-state index is 9.33. The van der Waals surface area contributed by atoms with Crippen molar-refractivity contribution in [1.82, 2.24) is 0 Å². The van der Waals surface area contributed by atoms with Crippen LogP contribution < -0.4 is 0 Å². The normalized spacial score (nSPS) is 12.2. The Morgan fingerprint density at radius 3 is 1.73 bits per heavy atom. The van der Waals surface area contributed by atoms with Crippen LogP contribution in [0, 0.1) is 0 Å². The minimum absolute atomic E-state index is 0.352. The molecule has 0 rings (SSSR count). The lowest BCUT2D eigenvalue weighted by molar-refractivity contribution is 0.234. The Labute approximate surface area is 69.4 Å². The molecule has 0 bridgehead atoms. The van der Waals surface area contributed by atoms with Gasteiger partial charge in [0.25, 0.3) is 0 Å². The van der Waals surface area contributed by atoms with Gasteiger partial charge in [-0.05, 0) is 40.2 Å². The zero-order chi connectivity index (χ0) is 9.02. The van der Waals surface area contributed by atoms with E-state index >= 15 is 0 Å². The number of aliphatic hydroxyl groups excluding tert-OH is 1. The molecule has 0 amide bonds. The van der Waals surface area contributed by atoms with Crippen molar-refractivity contribution in [1.29, 1.82) is 0 Å². The monoisotopic (exact) mass is 154 g/mol. The highest BCUT2D eigenvalue weighted by Gasteiger charge is 2.02. The van der Waals surface area contributed by atoms with Gasteiger partial charge in [-0.25, -0.2) is 0 Å². The Kier molecular flexibility index (Phi) is 4.12. The summed E-state index contributed by atoms with van der Waals surface area (Å²) in [6.07, 6.45) is 1.68. The predicted molar refractivity (Wildman–Crippen MR) is 49.5 cm³/mol. The van der Waals surface area contributed by atoms with E-state index in [1.165, 1.54) is 11.1 Å². The molecule has 1 heteroatoms. The molecule has 64 valence electrons. The fourth-order valence-electron chi connectivity index (χ4n) is 0.994. The Bertz CT molecular complexity index is 177. The molecule has 0 saturated heterocycles. The molecule has 0 saturated carbocycles. The first-order valence-corrected chi connectivity index (χ1v) is 3.95. The fraction of sp³-hybridized carbons (Fsp3) is 0.600. The SMILES string of the molecule is CC(C)=CC(=C(C)C)C(C)O. The second-order valence-electron chi connectivity index (χ2n) is 3.35. The zero-order valence-corrected chi connectivity index (χ0v) is 8.10. The van der Waals surface area contributed by atoms with E-state index in [1.807, 2.05) is 33.8 Å². The average Bonchev–Trinajstić information content (AvgIpc) is 1.81. The highest BCUT2D eigenvalue weighted by Crippen LogP contribution is 2.12. The molecule has 0 fully saturated rings. The summed E-state index contributed by atoms with van der Waals surface area (Å²) in [5.41, 5.74) is 3.44. The second kappa shape index (κ2) is 4.35. The fourth-order valence-corrected chi connectivity index (χ4v) is 0.994. The summed E-state index contributed by atoms with van der Waals surface area (Å²) in [4.78, 5) is 0. The molecule has 0 aliphatic heterocycles. The molecule has 0 radical (unpaired) electrons. The minimum atomic E-state index is -0.352. The molecule has 0 aliphatic carbocycles. The van der Waals surface area contributed by atoms with Crippen molar-refractivity contribution in [2.75, 3.05) is 0 Å². The van der Waals surface area contributed by atoms with E-state index in [4.69, 9.17) is 0 Å². The summed E-state index contributed by atoms with van der Waals surface area (Å²) in [6, 6.07) is 0. The van der Waals surface area contributed by atoms with Crippen LogP contribution >= 0.6 is 0 Å². The molecule has 1 unspecified atom stereocenters. The first-order chi connectivity index (χ1) is 4.95. The van der Waals surface area contributed by atoms with Gasteiger partial charge in [0.05, 0.1) is 6.10 Å². The van der Waals surface area contributed by atoms with Crippen LogP contribution in [0.4, 0.5) is 0 Å². The van der Waals surface area contributed by atoms with Crippen LogP contribution in [-0.2, 0) is 0 Å². The minimum Gasteiger partial charge on any atom is -0.389 e. The van der Waals surface area contributed by atoms with Gasteiger partial charge in [0.1, 0.15) is 0 Å². The topological polar surface area (TPSA) is 20.2 Å². The van der Waals surface area contributed by atoms with E-state index in [1.54, 1.807) is 6.92 Å². The van der Waals surface area contributed by atoms with E-state index in [2.05, 4.69) is 0 Å². The van der Waals surface area contributed by atoms with Crippen molar-refractivity contribution in [2.24, 2.45) is 0 Å². The average molecular weight is 154 g/mol. The molecule has 0 aromatic carbocycles. The highest BCUT2D eigenvalue weighted by molar-refractivity contribution is 5.28. The standard InChI is InChI=1S/C10H18O/c1-7(2)6-10(8(3)4)9(5)11/h6,9,11H,1-5H3. The van der Waals surface area contributed by atoms with Gasteiger partial charge in [0, 0.05) is 0 Å². The van der Waals surface area contributed by atoms with Crippen LogP contribution in [-0.4, -0.2) is 11.2 Å². The smallest absolute Gasteiger partial charge is 0.0761 e. The quantitative estimate of drug-likeness (QED) is 0.606. The van der Waals surface area contributed by atoms with Gasteiger partial charge in [-0.3, -0.25) is 0 Å². The number of rotatable bonds is 2. The van der Waals surface area contributed by atoms with Crippen molar-refractivity contribution in [3.8, 4) is 0 Å². The van der Waals surface area contributed by atoms with E-state index in [0.29, 0.717) is 0 Å². The first kappa shape index (κ1) is 10.4. The Balaban J connectivity index is 4.66. The molecule has 11 heavy (non-hydrogen) atoms. The lowest BCUT2D eigenvalue weighted by atomic mass is 10.0. The van der Waals surface area contributed by atoms with Gasteiger partial charge in [-0.2, -0.15) is 0 Å². The summed E-state index contributed by atoms with van der Waals surface area (Å²) in [6.45, 7) is 9.89. The van der Waals surface area contributed by atoms with Crippen molar-refractivity contribution in [2.45, 2.75) is 40.7 Å². The van der Waals surface area contributed by atoms with Gasteiger partial charge in [0.2, 0.25) is 0 Å². The lowest BCUT2D eigenvalue weighted by Crippen LogP contribution is -2.04. The third kappa shape index (κ3) is 3.99. The lowest BCUT2D eigenvalue weighted by Gasteiger charge is -2.08. The number of hydrogen-bond donors (Lipinski definition) is 1. The summed E-state index contributed by atoms with van der Waals surface area (Å²) < 4.78 is 0. The van der Waals surface area contributed by atoms with Crippen molar-refractivity contribution in [3.63, 3.8) is 0 Å². The molecule has 0 heterocycles. The van der Waals surface area contributed by atoms with Crippen LogP contribution in [0.1, 0.15) is 34.6 Å². The van der Waals surface area contributed by atoms with Crippen LogP contribution in [0.25, 0.3) is 0 Å². The van der Waals surface area contributed by atoms with Gasteiger partial charge in [0.15, 0.2) is 0 Å². The van der Waals surface area contributed by atoms with Crippen molar-refractivity contribution >= 4 is 0 Å². The summed E-state index contributed by atoms with van der Waals surface area (Å²) in [5.74, 6) is 0. The van der Waals surface area contributed by atoms with Crippen molar-refractivity contribution in [3.05, 3.63) is 22.8 Å². The van der Waals surface area contributed by atoms with Gasteiger partial charge in [-0.15, -0.1) is 0 Å². The van der Waals surface area contributed by atoms with Gasteiger partial charge in [-0.1, -0.05) is 17.2 Å². The second-order valence-corrected chi connectivity index (χ2v) is 3.35. The molecular weight excluding hydrogens is 136 g/mol. The molecule has 0 spiro atoms. The molecule has 0 aromatic rings. The molecular formula is C10H18O. The zero-order valence-electron chi connectivity index (χ0n) is 8.10. The maximum absolute atomic E-state index is 9.33. The van der Waals surface area contributed by atoms with Crippen LogP contribution in [0.15, 0.2) is 22.8 Å². The molecule has 1 atom stereocenters. The van der Waals surface area contributed by atoms with E-state index < -0.39 is 0 Å². The third-order valence-corrected chi connectivity index (χ3v) is 1.47. The Morgan fingerprint density at radius 2 is 1.64 bits per heavy atom. The van der Waals surface area contributed by atoms with Crippen molar-refractivity contribution < 1.29 is 5.11 Å². The summed E-state index contributed by atoms with van der Waals surface area (Å²) in [5, 5.41) is 9.33. The predicted octanol–water partition coefficient (Wildman–Crippen LogP) is 2.67. The largest absolute Gasteiger partial charge is 0.389 e. The van der Waals surface area contributed by atoms with E-state index in [-0.39, 0.29) is 6.10 Å². The Morgan fingerprint density at radius 1 is 1.18 bits per heavy atom. The molecule has 1 N–H and O–H groups in total. The number of allylic oxidation sites excluding steroid dienone is 2. The Hall–Kier alpha value is -0.560. The number of aliphatic hydroxyl groups is 1. The molecule has 1 nitrogen and oxygen atoms in total. The van der Waals surface area contributed by atoms with Gasteiger partial charge >= 0.3 is 0 Å². The first-order valence-electron chi connectivity index (χ1n) is 3.95. The molecule has 0 aliphatic rings. The highest BCUT2D eigenvalue weighted by atomic mass is 16.3. The van der Waals surface area contributed by atoms with Crippen LogP contribution in [0.2, 0.25) is 0 Å². The van der Waals surface area contributed by atoms with Gasteiger partial charge < -0.3 is 5.11 Å². The van der Waals surface area contributed by atoms with E-state index in [9.17, 15) is 5.11 Å². The maximum Gasteiger partial charge on any atom is 0.0761 e. The molecule has 0 aromatic heterocycles.